The van der Waals surface area contributed by atoms with Crippen LogP contribution < -0.4 is 5.73 Å². The van der Waals surface area contributed by atoms with Gasteiger partial charge in [-0.25, -0.2) is 4.39 Å². The number of nitrogens with two attached hydrogens (primary N) is 1. The Kier molecular flexibility index (Phi) is 3.64. The third-order valence-corrected chi connectivity index (χ3v) is 3.20. The normalized spacial score (nSPS) is 20.4. The molecule has 17 heavy (non-hydrogen) atoms. The molecule has 1 aliphatic heterocycles. The first-order valence-corrected chi connectivity index (χ1v) is 5.95. The van der Waals surface area contributed by atoms with Crippen molar-refractivity contribution in [3.05, 3.63) is 34.6 Å². The van der Waals surface area contributed by atoms with Gasteiger partial charge in [0, 0.05) is 24.7 Å². The molecule has 2 N–H and O–H groups in total. The maximum absolute atomic E-state index is 13.0. The van der Waals surface area contributed by atoms with Crippen LogP contribution >= 0.6 is 11.6 Å². The predicted molar refractivity (Wildman–Crippen MR) is 64.5 cm³/mol. The second kappa shape index (κ2) is 5.02. The van der Waals surface area contributed by atoms with E-state index in [1.54, 1.807) is 4.90 Å². The van der Waals surface area contributed by atoms with E-state index in [1.165, 1.54) is 18.2 Å². The topological polar surface area (TPSA) is 46.3 Å². The fourth-order valence-electron chi connectivity index (χ4n) is 2.01. The molecule has 92 valence electrons. The summed E-state index contributed by atoms with van der Waals surface area (Å²) in [5.74, 6) is -0.652. The van der Waals surface area contributed by atoms with E-state index < -0.39 is 5.82 Å². The van der Waals surface area contributed by atoms with Crippen LogP contribution in [0, 0.1) is 5.82 Å². The number of carbonyl (C=O) groups is 1. The van der Waals surface area contributed by atoms with Crippen molar-refractivity contribution in [2.45, 2.75) is 18.9 Å². The number of halogens is 2. The maximum atomic E-state index is 13.0. The standard InChI is InChI=1S/C12H14ClFN2O/c13-10-6-8(3-4-11(10)14)12(17)16-5-1-2-9(15)7-16/h3-4,6,9H,1-2,5,7,15H2/t9-/m1/s1. The highest BCUT2D eigenvalue weighted by Crippen LogP contribution is 2.18. The zero-order valence-corrected chi connectivity index (χ0v) is 10.1. The summed E-state index contributed by atoms with van der Waals surface area (Å²) in [7, 11) is 0. The Morgan fingerprint density at radius 1 is 1.53 bits per heavy atom. The highest BCUT2D eigenvalue weighted by Gasteiger charge is 2.22. The third-order valence-electron chi connectivity index (χ3n) is 2.91. The van der Waals surface area contributed by atoms with Crippen LogP contribution in [0.3, 0.4) is 0 Å². The molecule has 0 aliphatic carbocycles. The Hall–Kier alpha value is -1.13. The summed E-state index contributed by atoms with van der Waals surface area (Å²) >= 11 is 5.66. The minimum atomic E-state index is -0.515. The summed E-state index contributed by atoms with van der Waals surface area (Å²) in [6.07, 6.45) is 1.84. The van der Waals surface area contributed by atoms with Crippen LogP contribution in [0.25, 0.3) is 0 Å². The quantitative estimate of drug-likeness (QED) is 0.836. The number of amides is 1. The van der Waals surface area contributed by atoms with E-state index in [2.05, 4.69) is 0 Å². The van der Waals surface area contributed by atoms with Crippen molar-refractivity contribution in [3.63, 3.8) is 0 Å². The monoisotopic (exact) mass is 256 g/mol. The molecule has 1 saturated heterocycles. The lowest BCUT2D eigenvalue weighted by Crippen LogP contribution is -2.45. The fourth-order valence-corrected chi connectivity index (χ4v) is 2.19. The minimum Gasteiger partial charge on any atom is -0.337 e. The zero-order chi connectivity index (χ0) is 12.4. The van der Waals surface area contributed by atoms with Crippen LogP contribution in [-0.2, 0) is 0 Å². The van der Waals surface area contributed by atoms with Gasteiger partial charge in [0.25, 0.3) is 5.91 Å². The Morgan fingerprint density at radius 2 is 2.29 bits per heavy atom. The van der Waals surface area contributed by atoms with Crippen LogP contribution in [0.1, 0.15) is 23.2 Å². The molecule has 1 atom stereocenters. The van der Waals surface area contributed by atoms with Crippen molar-refractivity contribution < 1.29 is 9.18 Å². The average Bonchev–Trinajstić information content (AvgIpc) is 2.32. The van der Waals surface area contributed by atoms with E-state index in [1.807, 2.05) is 0 Å². The van der Waals surface area contributed by atoms with Crippen LogP contribution in [0.15, 0.2) is 18.2 Å². The molecule has 0 unspecified atom stereocenters. The van der Waals surface area contributed by atoms with Crippen LogP contribution in [0.2, 0.25) is 5.02 Å². The van der Waals surface area contributed by atoms with Gasteiger partial charge in [0.15, 0.2) is 0 Å². The molecule has 0 spiro atoms. The van der Waals surface area contributed by atoms with E-state index in [4.69, 9.17) is 17.3 Å². The first-order chi connectivity index (χ1) is 8.08. The SMILES string of the molecule is N[C@@H]1CCCN(C(=O)c2ccc(F)c(Cl)c2)C1. The van der Waals surface area contributed by atoms with Gasteiger partial charge in [-0.15, -0.1) is 0 Å². The molecule has 2 rings (SSSR count). The lowest BCUT2D eigenvalue weighted by Gasteiger charge is -2.30. The van der Waals surface area contributed by atoms with Crippen LogP contribution in [0.4, 0.5) is 4.39 Å². The van der Waals surface area contributed by atoms with Crippen molar-refractivity contribution in [3.8, 4) is 0 Å². The number of likely N-dealkylation sites (tertiary alicyclic amines) is 1. The lowest BCUT2D eigenvalue weighted by molar-refractivity contribution is 0.0709. The molecule has 1 amide bonds. The van der Waals surface area contributed by atoms with Gasteiger partial charge in [-0.05, 0) is 31.0 Å². The van der Waals surface area contributed by atoms with Gasteiger partial charge in [-0.1, -0.05) is 11.6 Å². The van der Waals surface area contributed by atoms with Gasteiger partial charge in [0.2, 0.25) is 0 Å². The summed E-state index contributed by atoms with van der Waals surface area (Å²) in [5.41, 5.74) is 6.22. The summed E-state index contributed by atoms with van der Waals surface area (Å²) in [4.78, 5) is 13.8. The van der Waals surface area contributed by atoms with Crippen molar-refractivity contribution in [2.24, 2.45) is 5.73 Å². The van der Waals surface area contributed by atoms with Crippen LogP contribution in [-0.4, -0.2) is 29.9 Å². The molecule has 1 aromatic rings. The molecule has 5 heteroatoms. The summed E-state index contributed by atoms with van der Waals surface area (Å²) in [5, 5.41) is -0.0304. The number of rotatable bonds is 1. The van der Waals surface area contributed by atoms with Crippen molar-refractivity contribution in [2.75, 3.05) is 13.1 Å². The summed E-state index contributed by atoms with van der Waals surface area (Å²) < 4.78 is 13.0. The molecule has 0 aromatic heterocycles. The molecule has 3 nitrogen and oxygen atoms in total. The van der Waals surface area contributed by atoms with Gasteiger partial charge in [0.05, 0.1) is 5.02 Å². The first-order valence-electron chi connectivity index (χ1n) is 5.58. The molecule has 0 saturated carbocycles. The number of piperidine rings is 1. The van der Waals surface area contributed by atoms with E-state index in [9.17, 15) is 9.18 Å². The highest BCUT2D eigenvalue weighted by molar-refractivity contribution is 6.31. The zero-order valence-electron chi connectivity index (χ0n) is 9.33. The Labute approximate surface area is 104 Å². The van der Waals surface area contributed by atoms with E-state index in [0.717, 1.165) is 12.8 Å². The smallest absolute Gasteiger partial charge is 0.253 e. The van der Waals surface area contributed by atoms with Crippen molar-refractivity contribution in [1.29, 1.82) is 0 Å². The van der Waals surface area contributed by atoms with E-state index in [0.29, 0.717) is 18.7 Å². The molecule has 0 bridgehead atoms. The largest absolute Gasteiger partial charge is 0.337 e. The van der Waals surface area contributed by atoms with Gasteiger partial charge in [0.1, 0.15) is 5.82 Å². The van der Waals surface area contributed by atoms with Gasteiger partial charge in [-0.2, -0.15) is 0 Å². The molecule has 1 aromatic carbocycles. The summed E-state index contributed by atoms with van der Waals surface area (Å²) in [6.45, 7) is 1.25. The molecular formula is C12H14ClFN2O. The molecule has 0 radical (unpaired) electrons. The number of hydrogen-bond acceptors (Lipinski definition) is 2. The van der Waals surface area contributed by atoms with Crippen LogP contribution in [0.5, 0.6) is 0 Å². The Balaban J connectivity index is 2.15. The van der Waals surface area contributed by atoms with Gasteiger partial charge < -0.3 is 10.6 Å². The predicted octanol–water partition coefficient (Wildman–Crippen LogP) is 2.04. The third kappa shape index (κ3) is 2.76. The minimum absolute atomic E-state index is 0.0304. The fraction of sp³-hybridized carbons (Fsp3) is 0.417. The lowest BCUT2D eigenvalue weighted by atomic mass is 10.1. The molecular weight excluding hydrogens is 243 g/mol. The van der Waals surface area contributed by atoms with E-state index in [-0.39, 0.29) is 17.0 Å². The molecule has 1 fully saturated rings. The number of benzene rings is 1. The number of nitrogens with zero attached hydrogens (tertiary/aromatic N) is 1. The number of carbonyl (C=O) groups excluding carboxylic acids is 1. The Bertz CT molecular complexity index is 439. The van der Waals surface area contributed by atoms with Crippen molar-refractivity contribution >= 4 is 17.5 Å². The first kappa shape index (κ1) is 12.3. The molecule has 1 heterocycles. The molecule has 1 aliphatic rings. The highest BCUT2D eigenvalue weighted by atomic mass is 35.5. The van der Waals surface area contributed by atoms with Gasteiger partial charge >= 0.3 is 0 Å². The van der Waals surface area contributed by atoms with Gasteiger partial charge in [-0.3, -0.25) is 4.79 Å². The maximum Gasteiger partial charge on any atom is 0.253 e. The number of hydrogen-bond donors (Lipinski definition) is 1. The second-order valence-electron chi connectivity index (χ2n) is 4.28. The van der Waals surface area contributed by atoms with Crippen molar-refractivity contribution in [1.82, 2.24) is 4.90 Å². The van der Waals surface area contributed by atoms with E-state index >= 15 is 0 Å². The summed E-state index contributed by atoms with van der Waals surface area (Å²) in [6, 6.07) is 4.05. The Morgan fingerprint density at radius 3 is 2.94 bits per heavy atom. The second-order valence-corrected chi connectivity index (χ2v) is 4.69. The average molecular weight is 257 g/mol.